The summed E-state index contributed by atoms with van der Waals surface area (Å²) in [5, 5.41) is 32.9. The Morgan fingerprint density at radius 3 is 2.76 bits per heavy atom. The summed E-state index contributed by atoms with van der Waals surface area (Å²) in [4.78, 5) is 1.00. The van der Waals surface area contributed by atoms with Crippen molar-refractivity contribution in [1.82, 2.24) is 20.3 Å². The van der Waals surface area contributed by atoms with E-state index in [1.807, 2.05) is 0 Å². The third kappa shape index (κ3) is 2.33. The quantitative estimate of drug-likeness (QED) is 0.686. The van der Waals surface area contributed by atoms with Gasteiger partial charge in [0.25, 0.3) is 5.95 Å². The fourth-order valence-electron chi connectivity index (χ4n) is 1.06. The zero-order valence-corrected chi connectivity index (χ0v) is 9.90. The third-order valence-corrected chi connectivity index (χ3v) is 2.51. The van der Waals surface area contributed by atoms with Crippen LogP contribution in [0.15, 0.2) is 21.7 Å². The molecule has 0 radical (unpaired) electrons. The standard InChI is InChI=1S/C8H7BrN6O2/c9-5-1-4(6(16)2-7(5)17)3-11-15-8(10)12-13-14-15/h1-3,16-17H,(H2,10,12,14)/b11-3-. The summed E-state index contributed by atoms with van der Waals surface area (Å²) >= 11 is 3.12. The smallest absolute Gasteiger partial charge is 0.263 e. The molecular weight excluding hydrogens is 292 g/mol. The van der Waals surface area contributed by atoms with Gasteiger partial charge in [0.15, 0.2) is 0 Å². The van der Waals surface area contributed by atoms with Crippen LogP contribution in [0.25, 0.3) is 0 Å². The molecule has 17 heavy (non-hydrogen) atoms. The highest BCUT2D eigenvalue weighted by Gasteiger charge is 2.05. The number of nitrogens with two attached hydrogens (primary N) is 1. The lowest BCUT2D eigenvalue weighted by molar-refractivity contribution is 0.448. The first-order valence-electron chi connectivity index (χ1n) is 4.37. The number of tetrazole rings is 1. The fourth-order valence-corrected chi connectivity index (χ4v) is 1.42. The molecule has 0 saturated carbocycles. The Morgan fingerprint density at radius 2 is 2.12 bits per heavy atom. The number of nitrogens with zero attached hydrogens (tertiary/aromatic N) is 5. The van der Waals surface area contributed by atoms with E-state index in [4.69, 9.17) is 5.73 Å². The largest absolute Gasteiger partial charge is 0.507 e. The summed E-state index contributed by atoms with van der Waals surface area (Å²) in [7, 11) is 0. The predicted octanol–water partition coefficient (Wildman–Crippen LogP) is 0.311. The molecule has 0 aliphatic carbocycles. The molecule has 9 heteroatoms. The molecule has 0 aliphatic heterocycles. The number of anilines is 1. The highest BCUT2D eigenvalue weighted by molar-refractivity contribution is 9.10. The second-order valence-electron chi connectivity index (χ2n) is 3.03. The SMILES string of the molecule is Nc1nnnn1/N=C\c1cc(Br)c(O)cc1O. The van der Waals surface area contributed by atoms with Crippen LogP contribution in [0.5, 0.6) is 11.5 Å². The highest BCUT2D eigenvalue weighted by Crippen LogP contribution is 2.30. The molecule has 0 unspecified atom stereocenters. The normalized spacial score (nSPS) is 11.1. The average Bonchev–Trinajstić information content (AvgIpc) is 2.68. The summed E-state index contributed by atoms with van der Waals surface area (Å²) in [5.74, 6) is -0.165. The molecule has 0 bridgehead atoms. The first-order valence-corrected chi connectivity index (χ1v) is 5.17. The molecule has 0 atom stereocenters. The van der Waals surface area contributed by atoms with E-state index in [2.05, 4.69) is 36.6 Å². The molecule has 88 valence electrons. The van der Waals surface area contributed by atoms with Gasteiger partial charge in [-0.05, 0) is 32.4 Å². The van der Waals surface area contributed by atoms with Crippen molar-refractivity contribution in [2.24, 2.45) is 5.10 Å². The van der Waals surface area contributed by atoms with Gasteiger partial charge in [0.05, 0.1) is 10.7 Å². The molecule has 0 fully saturated rings. The second-order valence-corrected chi connectivity index (χ2v) is 3.89. The molecule has 1 aromatic carbocycles. The zero-order valence-electron chi connectivity index (χ0n) is 8.32. The van der Waals surface area contributed by atoms with Crippen molar-refractivity contribution in [3.63, 3.8) is 0 Å². The summed E-state index contributed by atoms with van der Waals surface area (Å²) in [6.45, 7) is 0. The van der Waals surface area contributed by atoms with Gasteiger partial charge in [0.2, 0.25) is 0 Å². The minimum absolute atomic E-state index is 0.0265. The molecule has 0 amide bonds. The Bertz CT molecular complexity index is 581. The van der Waals surface area contributed by atoms with Gasteiger partial charge in [-0.1, -0.05) is 9.89 Å². The Balaban J connectivity index is 2.34. The number of rotatable bonds is 2. The maximum Gasteiger partial charge on any atom is 0.263 e. The first kappa shape index (κ1) is 11.3. The Kier molecular flexibility index (Phi) is 2.91. The predicted molar refractivity (Wildman–Crippen MR) is 62.7 cm³/mol. The minimum atomic E-state index is -0.124. The van der Waals surface area contributed by atoms with Crippen LogP contribution in [0.1, 0.15) is 5.56 Å². The number of nitrogen functional groups attached to an aromatic ring is 1. The topological polar surface area (TPSA) is 122 Å². The summed E-state index contributed by atoms with van der Waals surface area (Å²) in [5.41, 5.74) is 5.78. The summed E-state index contributed by atoms with van der Waals surface area (Å²) in [6, 6.07) is 2.68. The van der Waals surface area contributed by atoms with E-state index >= 15 is 0 Å². The van der Waals surface area contributed by atoms with E-state index in [1.165, 1.54) is 18.3 Å². The molecular formula is C8H7BrN6O2. The van der Waals surface area contributed by atoms with E-state index in [0.717, 1.165) is 4.79 Å². The lowest BCUT2D eigenvalue weighted by Crippen LogP contribution is -1.99. The molecule has 1 heterocycles. The summed E-state index contributed by atoms with van der Waals surface area (Å²) < 4.78 is 0.432. The summed E-state index contributed by atoms with van der Waals surface area (Å²) in [6.07, 6.45) is 1.31. The van der Waals surface area contributed by atoms with Crippen LogP contribution < -0.4 is 5.73 Å². The van der Waals surface area contributed by atoms with Gasteiger partial charge < -0.3 is 15.9 Å². The Morgan fingerprint density at radius 1 is 1.35 bits per heavy atom. The van der Waals surface area contributed by atoms with Crippen molar-refractivity contribution in [3.8, 4) is 11.5 Å². The number of phenolic OH excluding ortho intramolecular Hbond substituents is 2. The van der Waals surface area contributed by atoms with Gasteiger partial charge in [-0.2, -0.15) is 5.10 Å². The molecule has 0 aliphatic rings. The lowest BCUT2D eigenvalue weighted by atomic mass is 10.2. The molecule has 0 spiro atoms. The molecule has 4 N–H and O–H groups in total. The molecule has 8 nitrogen and oxygen atoms in total. The number of hydrogen-bond donors (Lipinski definition) is 3. The average molecular weight is 299 g/mol. The number of aromatic nitrogens is 4. The van der Waals surface area contributed by atoms with Crippen LogP contribution in [0.3, 0.4) is 0 Å². The van der Waals surface area contributed by atoms with Crippen LogP contribution in [-0.4, -0.2) is 36.7 Å². The van der Waals surface area contributed by atoms with Crippen LogP contribution in [-0.2, 0) is 0 Å². The van der Waals surface area contributed by atoms with E-state index in [1.54, 1.807) is 0 Å². The van der Waals surface area contributed by atoms with Gasteiger partial charge in [0, 0.05) is 11.6 Å². The monoisotopic (exact) mass is 298 g/mol. The number of aromatic hydroxyl groups is 2. The van der Waals surface area contributed by atoms with Crippen LogP contribution >= 0.6 is 15.9 Å². The van der Waals surface area contributed by atoms with Gasteiger partial charge in [0.1, 0.15) is 11.5 Å². The van der Waals surface area contributed by atoms with E-state index in [-0.39, 0.29) is 17.4 Å². The van der Waals surface area contributed by atoms with E-state index in [9.17, 15) is 10.2 Å². The van der Waals surface area contributed by atoms with Crippen molar-refractivity contribution in [1.29, 1.82) is 0 Å². The highest BCUT2D eigenvalue weighted by atomic mass is 79.9. The van der Waals surface area contributed by atoms with Crippen molar-refractivity contribution in [3.05, 3.63) is 22.2 Å². The van der Waals surface area contributed by atoms with Gasteiger partial charge in [-0.15, -0.1) is 0 Å². The van der Waals surface area contributed by atoms with Crippen molar-refractivity contribution < 1.29 is 10.2 Å². The van der Waals surface area contributed by atoms with Crippen molar-refractivity contribution >= 4 is 28.1 Å². The number of halogens is 1. The van der Waals surface area contributed by atoms with Crippen molar-refractivity contribution in [2.75, 3.05) is 5.73 Å². The van der Waals surface area contributed by atoms with E-state index in [0.29, 0.717) is 10.0 Å². The Labute approximate surface area is 103 Å². The molecule has 0 saturated heterocycles. The maximum absolute atomic E-state index is 9.55. The number of hydrogen-bond acceptors (Lipinski definition) is 7. The molecule has 2 rings (SSSR count). The fraction of sp³-hybridized carbons (Fsp3) is 0. The zero-order chi connectivity index (χ0) is 12.4. The maximum atomic E-state index is 9.55. The lowest BCUT2D eigenvalue weighted by Gasteiger charge is -2.01. The molecule has 2 aromatic rings. The minimum Gasteiger partial charge on any atom is -0.507 e. The first-order chi connectivity index (χ1) is 8.08. The van der Waals surface area contributed by atoms with E-state index < -0.39 is 0 Å². The third-order valence-electron chi connectivity index (χ3n) is 1.88. The van der Waals surface area contributed by atoms with Gasteiger partial charge in [-0.3, -0.25) is 0 Å². The van der Waals surface area contributed by atoms with Crippen LogP contribution in [0.4, 0.5) is 5.95 Å². The van der Waals surface area contributed by atoms with Crippen LogP contribution in [0.2, 0.25) is 0 Å². The Hall–Kier alpha value is -2.16. The van der Waals surface area contributed by atoms with Gasteiger partial charge in [-0.25, -0.2) is 0 Å². The number of benzene rings is 1. The van der Waals surface area contributed by atoms with Gasteiger partial charge >= 0.3 is 0 Å². The van der Waals surface area contributed by atoms with Crippen LogP contribution in [0, 0.1) is 0 Å². The van der Waals surface area contributed by atoms with Crippen molar-refractivity contribution in [2.45, 2.75) is 0 Å². The second kappa shape index (κ2) is 4.37. The number of phenols is 2. The molecule has 1 aromatic heterocycles.